The number of ether oxygens (including phenoxy) is 1. The molecule has 1 amide bonds. The molecule has 5 heteroatoms. The Labute approximate surface area is 124 Å². The summed E-state index contributed by atoms with van der Waals surface area (Å²) in [6.07, 6.45) is 6.97. The summed E-state index contributed by atoms with van der Waals surface area (Å²) in [6.45, 7) is 0.531. The lowest BCUT2D eigenvalue weighted by atomic mass is 10.2. The fourth-order valence-electron chi connectivity index (χ4n) is 2.00. The number of carbonyl (C=O) groups excluding carboxylic acids is 1. The first kappa shape index (κ1) is 14.8. The summed E-state index contributed by atoms with van der Waals surface area (Å²) in [5.41, 5.74) is 1.88. The number of benzene rings is 1. The number of hydrogen-bond acceptors (Lipinski definition) is 3. The van der Waals surface area contributed by atoms with Gasteiger partial charge < -0.3 is 9.64 Å². The fourth-order valence-corrected chi connectivity index (χ4v) is 2.00. The van der Waals surface area contributed by atoms with Gasteiger partial charge in [-0.15, -0.1) is 0 Å². The molecule has 0 radical (unpaired) electrons. The molecule has 0 bridgehead atoms. The van der Waals surface area contributed by atoms with E-state index >= 15 is 0 Å². The molecule has 1 heterocycles. The number of nitrogens with zero attached hydrogens (tertiary/aromatic N) is 3. The number of hydrogen-bond donors (Lipinski definition) is 0. The van der Waals surface area contributed by atoms with Gasteiger partial charge in [-0.1, -0.05) is 18.2 Å². The van der Waals surface area contributed by atoms with Gasteiger partial charge in [0.25, 0.3) is 0 Å². The van der Waals surface area contributed by atoms with Crippen LogP contribution in [-0.2, 0) is 18.4 Å². The van der Waals surface area contributed by atoms with Crippen molar-refractivity contribution in [3.63, 3.8) is 0 Å². The minimum Gasteiger partial charge on any atom is -0.496 e. The Morgan fingerprint density at radius 2 is 2.19 bits per heavy atom. The van der Waals surface area contributed by atoms with Crippen molar-refractivity contribution >= 4 is 12.0 Å². The van der Waals surface area contributed by atoms with Gasteiger partial charge in [-0.3, -0.25) is 9.48 Å². The highest BCUT2D eigenvalue weighted by Gasteiger charge is 2.07. The Bertz CT molecular complexity index is 646. The van der Waals surface area contributed by atoms with Crippen molar-refractivity contribution in [2.24, 2.45) is 7.05 Å². The number of methoxy groups -OCH3 is 1. The number of aromatic nitrogens is 2. The van der Waals surface area contributed by atoms with E-state index in [4.69, 9.17) is 4.74 Å². The third-order valence-electron chi connectivity index (χ3n) is 3.10. The zero-order valence-electron chi connectivity index (χ0n) is 12.5. The second-order valence-corrected chi connectivity index (χ2v) is 4.79. The summed E-state index contributed by atoms with van der Waals surface area (Å²) in [6, 6.07) is 7.58. The van der Waals surface area contributed by atoms with Crippen LogP contribution in [0, 0.1) is 0 Å². The van der Waals surface area contributed by atoms with E-state index in [1.807, 2.05) is 37.5 Å². The van der Waals surface area contributed by atoms with Gasteiger partial charge in [-0.05, 0) is 12.1 Å². The van der Waals surface area contributed by atoms with E-state index in [-0.39, 0.29) is 5.91 Å². The molecular weight excluding hydrogens is 266 g/mol. The van der Waals surface area contributed by atoms with E-state index in [9.17, 15) is 4.79 Å². The predicted molar refractivity (Wildman–Crippen MR) is 81.7 cm³/mol. The molecule has 0 saturated heterocycles. The van der Waals surface area contributed by atoms with E-state index in [1.54, 1.807) is 42.1 Å². The Balaban J connectivity index is 2.01. The molecule has 0 saturated carbocycles. The highest BCUT2D eigenvalue weighted by Crippen LogP contribution is 2.18. The maximum Gasteiger partial charge on any atom is 0.246 e. The van der Waals surface area contributed by atoms with Gasteiger partial charge in [0.15, 0.2) is 0 Å². The molecule has 2 rings (SSSR count). The largest absolute Gasteiger partial charge is 0.496 e. The minimum atomic E-state index is -0.0650. The molecule has 0 fully saturated rings. The predicted octanol–water partition coefficient (Wildman–Crippen LogP) is 2.10. The first-order valence-electron chi connectivity index (χ1n) is 6.64. The normalized spacial score (nSPS) is 10.8. The quantitative estimate of drug-likeness (QED) is 0.790. The Morgan fingerprint density at radius 3 is 2.86 bits per heavy atom. The van der Waals surface area contributed by atoms with Gasteiger partial charge >= 0.3 is 0 Å². The Hall–Kier alpha value is -2.56. The van der Waals surface area contributed by atoms with Crippen LogP contribution in [0.3, 0.4) is 0 Å². The third-order valence-corrected chi connectivity index (χ3v) is 3.10. The summed E-state index contributed by atoms with van der Waals surface area (Å²) in [7, 11) is 5.23. The van der Waals surface area contributed by atoms with Crippen LogP contribution in [0.15, 0.2) is 42.7 Å². The van der Waals surface area contributed by atoms with Gasteiger partial charge in [0.05, 0.1) is 13.3 Å². The number of carbonyl (C=O) groups is 1. The van der Waals surface area contributed by atoms with Crippen LogP contribution < -0.4 is 4.74 Å². The van der Waals surface area contributed by atoms with E-state index in [0.29, 0.717) is 6.54 Å². The third kappa shape index (κ3) is 3.95. The Morgan fingerprint density at radius 1 is 1.43 bits per heavy atom. The maximum atomic E-state index is 12.1. The summed E-state index contributed by atoms with van der Waals surface area (Å²) in [5.74, 6) is 0.682. The molecule has 0 aliphatic carbocycles. The van der Waals surface area contributed by atoms with Crippen molar-refractivity contribution in [2.45, 2.75) is 6.54 Å². The van der Waals surface area contributed by atoms with E-state index in [0.717, 1.165) is 16.9 Å². The monoisotopic (exact) mass is 285 g/mol. The van der Waals surface area contributed by atoms with Gasteiger partial charge in [0, 0.05) is 44.0 Å². The standard InChI is InChI=1S/C16H19N3O2/c1-18(11-13-10-17-19(2)12-13)16(20)9-8-14-6-4-5-7-15(14)21-3/h4-10,12H,11H2,1-3H3/b9-8+. The average Bonchev–Trinajstić information content (AvgIpc) is 2.90. The van der Waals surface area contributed by atoms with Crippen molar-refractivity contribution in [3.05, 3.63) is 53.9 Å². The molecule has 21 heavy (non-hydrogen) atoms. The van der Waals surface area contributed by atoms with Crippen LogP contribution >= 0.6 is 0 Å². The van der Waals surface area contributed by atoms with Crippen molar-refractivity contribution in [1.82, 2.24) is 14.7 Å². The van der Waals surface area contributed by atoms with Crippen LogP contribution in [0.4, 0.5) is 0 Å². The summed E-state index contributed by atoms with van der Waals surface area (Å²) in [4.78, 5) is 13.7. The van der Waals surface area contributed by atoms with Crippen LogP contribution in [0.25, 0.3) is 6.08 Å². The molecular formula is C16H19N3O2. The molecule has 0 aliphatic heterocycles. The summed E-state index contributed by atoms with van der Waals surface area (Å²) >= 11 is 0. The molecule has 1 aromatic heterocycles. The lowest BCUT2D eigenvalue weighted by Gasteiger charge is -2.13. The first-order chi connectivity index (χ1) is 10.1. The molecule has 0 aliphatic rings. The zero-order valence-corrected chi connectivity index (χ0v) is 12.5. The van der Waals surface area contributed by atoms with E-state index < -0.39 is 0 Å². The smallest absolute Gasteiger partial charge is 0.246 e. The number of likely N-dealkylation sites (N-methyl/N-ethyl adjacent to an activating group) is 1. The number of para-hydroxylation sites is 1. The summed E-state index contributed by atoms with van der Waals surface area (Å²) < 4.78 is 6.97. The van der Waals surface area contributed by atoms with Crippen LogP contribution in [-0.4, -0.2) is 34.7 Å². The van der Waals surface area contributed by atoms with Crippen LogP contribution in [0.1, 0.15) is 11.1 Å². The SMILES string of the molecule is COc1ccccc1/C=C/C(=O)N(C)Cc1cnn(C)c1. The van der Waals surface area contributed by atoms with Crippen molar-refractivity contribution in [3.8, 4) is 5.75 Å². The fraction of sp³-hybridized carbons (Fsp3) is 0.250. The van der Waals surface area contributed by atoms with Crippen LogP contribution in [0.2, 0.25) is 0 Å². The number of amides is 1. The molecule has 0 N–H and O–H groups in total. The van der Waals surface area contributed by atoms with E-state index in [1.165, 1.54) is 0 Å². The second-order valence-electron chi connectivity index (χ2n) is 4.79. The maximum absolute atomic E-state index is 12.1. The molecule has 0 spiro atoms. The first-order valence-corrected chi connectivity index (χ1v) is 6.64. The molecule has 1 aromatic carbocycles. The lowest BCUT2D eigenvalue weighted by Crippen LogP contribution is -2.23. The van der Waals surface area contributed by atoms with Gasteiger partial charge in [-0.25, -0.2) is 0 Å². The number of aryl methyl sites for hydroxylation is 1. The number of rotatable bonds is 5. The average molecular weight is 285 g/mol. The van der Waals surface area contributed by atoms with Crippen LogP contribution in [0.5, 0.6) is 5.75 Å². The molecule has 110 valence electrons. The van der Waals surface area contributed by atoms with Crippen molar-refractivity contribution in [1.29, 1.82) is 0 Å². The lowest BCUT2D eigenvalue weighted by molar-refractivity contribution is -0.125. The minimum absolute atomic E-state index is 0.0650. The van der Waals surface area contributed by atoms with E-state index in [2.05, 4.69) is 5.10 Å². The topological polar surface area (TPSA) is 47.4 Å². The van der Waals surface area contributed by atoms with Gasteiger partial charge in [0.2, 0.25) is 5.91 Å². The van der Waals surface area contributed by atoms with Gasteiger partial charge in [-0.2, -0.15) is 5.10 Å². The molecule has 2 aromatic rings. The highest BCUT2D eigenvalue weighted by molar-refractivity contribution is 5.91. The van der Waals surface area contributed by atoms with Gasteiger partial charge in [0.1, 0.15) is 5.75 Å². The van der Waals surface area contributed by atoms with Crippen molar-refractivity contribution in [2.75, 3.05) is 14.2 Å². The zero-order chi connectivity index (χ0) is 15.2. The highest BCUT2D eigenvalue weighted by atomic mass is 16.5. The second kappa shape index (κ2) is 6.74. The van der Waals surface area contributed by atoms with Crippen molar-refractivity contribution < 1.29 is 9.53 Å². The Kier molecular flexibility index (Phi) is 4.77. The molecule has 0 unspecified atom stereocenters. The summed E-state index contributed by atoms with van der Waals surface area (Å²) in [5, 5.41) is 4.09. The molecule has 0 atom stereocenters. The molecule has 5 nitrogen and oxygen atoms in total.